The van der Waals surface area contributed by atoms with Crippen LogP contribution in [0.4, 0.5) is 5.82 Å². The van der Waals surface area contributed by atoms with Crippen LogP contribution in [0.3, 0.4) is 0 Å². The molecule has 3 heterocycles. The summed E-state index contributed by atoms with van der Waals surface area (Å²) in [6.07, 6.45) is 4.88. The third kappa shape index (κ3) is 4.03. The van der Waals surface area contributed by atoms with Gasteiger partial charge in [-0.1, -0.05) is 6.07 Å². The minimum absolute atomic E-state index is 0.000971. The van der Waals surface area contributed by atoms with Crippen LogP contribution in [-0.2, 0) is 16.1 Å². The quantitative estimate of drug-likeness (QED) is 0.858. The lowest BCUT2D eigenvalue weighted by molar-refractivity contribution is -0.139. The van der Waals surface area contributed by atoms with Gasteiger partial charge in [-0.15, -0.1) is 0 Å². The number of morpholine rings is 1. The third-order valence-corrected chi connectivity index (χ3v) is 4.15. The maximum Gasteiger partial charge on any atom is 0.250 e. The topological polar surface area (TPSA) is 89.4 Å². The molecule has 2 aromatic rings. The van der Waals surface area contributed by atoms with E-state index in [1.165, 1.54) is 10.6 Å². The highest BCUT2D eigenvalue weighted by Crippen LogP contribution is 2.25. The summed E-state index contributed by atoms with van der Waals surface area (Å²) in [4.78, 5) is 34.6. The molecule has 1 saturated heterocycles. The Morgan fingerprint density at radius 2 is 2.20 bits per heavy atom. The third-order valence-electron chi connectivity index (χ3n) is 4.15. The predicted molar refractivity (Wildman–Crippen MR) is 92.2 cm³/mol. The highest BCUT2D eigenvalue weighted by molar-refractivity contribution is 5.76. The van der Waals surface area contributed by atoms with Crippen LogP contribution in [0.1, 0.15) is 18.2 Å². The zero-order chi connectivity index (χ0) is 17.6. The Hall–Kier alpha value is -2.74. The van der Waals surface area contributed by atoms with E-state index in [0.29, 0.717) is 37.8 Å². The standard InChI is InChI=1S/C17H21N5O3/c1-18-17-16(19-6-7-20-17)13-12-22(10-11-25-13)15(24)5-9-21-8-3-2-4-14(21)23/h2-4,6-8,13H,5,9-12H2,1H3,(H,18,20)/t13-/m1/s1. The van der Waals surface area contributed by atoms with Gasteiger partial charge in [0, 0.05) is 51.2 Å². The van der Waals surface area contributed by atoms with Crippen molar-refractivity contribution in [2.75, 3.05) is 32.1 Å². The molecule has 1 N–H and O–H groups in total. The summed E-state index contributed by atoms with van der Waals surface area (Å²) < 4.78 is 7.32. The van der Waals surface area contributed by atoms with E-state index in [0.717, 1.165) is 0 Å². The van der Waals surface area contributed by atoms with Crippen molar-refractivity contribution < 1.29 is 9.53 Å². The monoisotopic (exact) mass is 343 g/mol. The number of hydrogen-bond acceptors (Lipinski definition) is 6. The van der Waals surface area contributed by atoms with Crippen molar-refractivity contribution >= 4 is 11.7 Å². The van der Waals surface area contributed by atoms with Gasteiger partial charge in [0.05, 0.1) is 13.2 Å². The Kier molecular flexibility index (Phi) is 5.39. The number of pyridine rings is 1. The molecule has 8 nitrogen and oxygen atoms in total. The Morgan fingerprint density at radius 1 is 1.36 bits per heavy atom. The van der Waals surface area contributed by atoms with Crippen LogP contribution in [0.25, 0.3) is 0 Å². The molecule has 1 amide bonds. The molecule has 0 radical (unpaired) electrons. The van der Waals surface area contributed by atoms with Gasteiger partial charge in [0.2, 0.25) is 5.91 Å². The molecule has 0 unspecified atom stereocenters. The number of nitrogens with zero attached hydrogens (tertiary/aromatic N) is 4. The van der Waals surface area contributed by atoms with Gasteiger partial charge in [-0.2, -0.15) is 0 Å². The molecule has 0 aromatic carbocycles. The van der Waals surface area contributed by atoms with Crippen LogP contribution in [-0.4, -0.2) is 52.1 Å². The van der Waals surface area contributed by atoms with Crippen molar-refractivity contribution in [1.29, 1.82) is 0 Å². The minimum Gasteiger partial charge on any atom is -0.372 e. The van der Waals surface area contributed by atoms with Crippen molar-refractivity contribution in [3.63, 3.8) is 0 Å². The zero-order valence-corrected chi connectivity index (χ0v) is 14.1. The fourth-order valence-electron chi connectivity index (χ4n) is 2.84. The summed E-state index contributed by atoms with van der Waals surface area (Å²) in [6.45, 7) is 1.78. The predicted octanol–water partition coefficient (Wildman–Crippen LogP) is 0.670. The highest BCUT2D eigenvalue weighted by Gasteiger charge is 2.28. The summed E-state index contributed by atoms with van der Waals surface area (Å²) in [5, 5.41) is 2.99. The zero-order valence-electron chi connectivity index (χ0n) is 14.1. The van der Waals surface area contributed by atoms with Crippen LogP contribution < -0.4 is 10.9 Å². The lowest BCUT2D eigenvalue weighted by Gasteiger charge is -2.33. The van der Waals surface area contributed by atoms with Gasteiger partial charge in [0.25, 0.3) is 5.56 Å². The molecule has 1 aliphatic rings. The van der Waals surface area contributed by atoms with Gasteiger partial charge >= 0.3 is 0 Å². The second kappa shape index (κ2) is 7.89. The van der Waals surface area contributed by atoms with Crippen molar-refractivity contribution in [1.82, 2.24) is 19.4 Å². The van der Waals surface area contributed by atoms with Crippen molar-refractivity contribution in [2.45, 2.75) is 19.1 Å². The Morgan fingerprint density at radius 3 is 3.00 bits per heavy atom. The first-order valence-corrected chi connectivity index (χ1v) is 8.22. The van der Waals surface area contributed by atoms with Crippen molar-refractivity contribution in [3.05, 3.63) is 52.8 Å². The maximum atomic E-state index is 12.5. The van der Waals surface area contributed by atoms with E-state index in [1.54, 1.807) is 42.7 Å². The lowest BCUT2D eigenvalue weighted by atomic mass is 10.2. The maximum absolute atomic E-state index is 12.5. The first kappa shape index (κ1) is 17.1. The van der Waals surface area contributed by atoms with E-state index in [-0.39, 0.29) is 24.0 Å². The SMILES string of the molecule is CNc1nccnc1[C@H]1CN(C(=O)CCn2ccccc2=O)CCO1. The lowest BCUT2D eigenvalue weighted by Crippen LogP contribution is -2.43. The molecule has 0 aliphatic carbocycles. The number of rotatable bonds is 5. The number of aryl methyl sites for hydroxylation is 1. The van der Waals surface area contributed by atoms with Crippen molar-refractivity contribution in [3.8, 4) is 0 Å². The summed E-state index contributed by atoms with van der Waals surface area (Å²) in [5.74, 6) is 0.650. The molecule has 132 valence electrons. The molecular weight excluding hydrogens is 322 g/mol. The van der Waals surface area contributed by atoms with E-state index >= 15 is 0 Å². The number of carbonyl (C=O) groups excluding carboxylic acids is 1. The second-order valence-corrected chi connectivity index (χ2v) is 5.72. The van der Waals surface area contributed by atoms with Gasteiger partial charge in [-0.25, -0.2) is 4.98 Å². The van der Waals surface area contributed by atoms with E-state index in [4.69, 9.17) is 4.74 Å². The molecule has 1 aliphatic heterocycles. The largest absolute Gasteiger partial charge is 0.372 e. The van der Waals surface area contributed by atoms with Gasteiger partial charge in [0.1, 0.15) is 17.6 Å². The van der Waals surface area contributed by atoms with Crippen LogP contribution in [0.5, 0.6) is 0 Å². The van der Waals surface area contributed by atoms with E-state index in [9.17, 15) is 9.59 Å². The van der Waals surface area contributed by atoms with E-state index < -0.39 is 0 Å². The summed E-state index contributed by atoms with van der Waals surface area (Å²) in [6, 6.07) is 4.96. The van der Waals surface area contributed by atoms with Gasteiger partial charge in [0.15, 0.2) is 0 Å². The first-order valence-electron chi connectivity index (χ1n) is 8.22. The van der Waals surface area contributed by atoms with Gasteiger partial charge in [-0.05, 0) is 6.07 Å². The number of aromatic nitrogens is 3. The first-order chi connectivity index (χ1) is 12.2. The fraction of sp³-hybridized carbons (Fsp3) is 0.412. The molecule has 1 fully saturated rings. The van der Waals surface area contributed by atoms with Gasteiger partial charge in [-0.3, -0.25) is 14.6 Å². The molecule has 0 saturated carbocycles. The van der Waals surface area contributed by atoms with Crippen LogP contribution in [0, 0.1) is 0 Å². The second-order valence-electron chi connectivity index (χ2n) is 5.72. The molecule has 0 bridgehead atoms. The number of hydrogen-bond donors (Lipinski definition) is 1. The molecule has 2 aromatic heterocycles. The highest BCUT2D eigenvalue weighted by atomic mass is 16.5. The Labute approximate surface area is 145 Å². The smallest absolute Gasteiger partial charge is 0.250 e. The summed E-state index contributed by atoms with van der Waals surface area (Å²) in [7, 11) is 1.77. The number of carbonyl (C=O) groups is 1. The van der Waals surface area contributed by atoms with Crippen LogP contribution >= 0.6 is 0 Å². The van der Waals surface area contributed by atoms with E-state index in [1.807, 2.05) is 0 Å². The van der Waals surface area contributed by atoms with Crippen LogP contribution in [0.2, 0.25) is 0 Å². The van der Waals surface area contributed by atoms with E-state index in [2.05, 4.69) is 15.3 Å². The van der Waals surface area contributed by atoms with Crippen LogP contribution in [0.15, 0.2) is 41.6 Å². The van der Waals surface area contributed by atoms with Crippen molar-refractivity contribution in [2.24, 2.45) is 0 Å². The molecule has 25 heavy (non-hydrogen) atoms. The summed E-state index contributed by atoms with van der Waals surface area (Å²) >= 11 is 0. The number of amides is 1. The summed E-state index contributed by atoms with van der Waals surface area (Å²) in [5.41, 5.74) is 0.593. The fourth-order valence-corrected chi connectivity index (χ4v) is 2.84. The Balaban J connectivity index is 1.64. The Bertz CT molecular complexity index is 792. The average Bonchev–Trinajstić information content (AvgIpc) is 2.67. The number of nitrogens with one attached hydrogen (secondary N) is 1. The molecule has 0 spiro atoms. The molecule has 3 rings (SSSR count). The minimum atomic E-state index is -0.312. The number of ether oxygens (including phenoxy) is 1. The molecule has 1 atom stereocenters. The number of anilines is 1. The van der Waals surface area contributed by atoms with Gasteiger partial charge < -0.3 is 19.5 Å². The average molecular weight is 343 g/mol. The normalized spacial score (nSPS) is 17.3. The molecule has 8 heteroatoms. The molecular formula is C17H21N5O3.